The number of aromatic nitrogens is 2. The van der Waals surface area contributed by atoms with Crippen LogP contribution in [0.1, 0.15) is 5.56 Å². The van der Waals surface area contributed by atoms with E-state index in [1.807, 2.05) is 0 Å². The molecular formula is C11H11F2N3. The van der Waals surface area contributed by atoms with Gasteiger partial charge in [0, 0.05) is 25.4 Å². The number of halogens is 2. The minimum absolute atomic E-state index is 0.231. The van der Waals surface area contributed by atoms with Crippen LogP contribution in [0.2, 0.25) is 0 Å². The molecule has 0 radical (unpaired) electrons. The van der Waals surface area contributed by atoms with E-state index in [0.29, 0.717) is 5.56 Å². The third-order valence-electron chi connectivity index (χ3n) is 2.22. The lowest BCUT2D eigenvalue weighted by atomic mass is 10.2. The number of benzene rings is 1. The largest absolute Gasteiger partial charge is 0.378 e. The van der Waals surface area contributed by atoms with Crippen molar-refractivity contribution in [3.63, 3.8) is 0 Å². The maximum Gasteiger partial charge on any atom is 0.163 e. The van der Waals surface area contributed by atoms with E-state index < -0.39 is 11.6 Å². The van der Waals surface area contributed by atoms with Crippen LogP contribution in [-0.2, 0) is 13.6 Å². The summed E-state index contributed by atoms with van der Waals surface area (Å²) in [5.74, 6) is -1.63. The first-order valence-corrected chi connectivity index (χ1v) is 4.82. The number of nitrogens with zero attached hydrogens (tertiary/aromatic N) is 2. The van der Waals surface area contributed by atoms with Crippen LogP contribution >= 0.6 is 0 Å². The number of nitrogens with one attached hydrogen (secondary N) is 1. The molecule has 0 fully saturated rings. The van der Waals surface area contributed by atoms with Crippen LogP contribution in [0.15, 0.2) is 30.6 Å². The van der Waals surface area contributed by atoms with Gasteiger partial charge < -0.3 is 5.32 Å². The Labute approximate surface area is 91.7 Å². The fraction of sp³-hybridized carbons (Fsp3) is 0.182. The fourth-order valence-corrected chi connectivity index (χ4v) is 1.39. The van der Waals surface area contributed by atoms with Crippen molar-refractivity contribution in [3.8, 4) is 0 Å². The SMILES string of the molecule is Cn1cc(NCc2cccc(F)c2F)cn1. The number of aryl methyl sites for hydroxylation is 1. The summed E-state index contributed by atoms with van der Waals surface area (Å²) < 4.78 is 27.8. The Bertz CT molecular complexity index is 494. The van der Waals surface area contributed by atoms with Gasteiger partial charge in [0.15, 0.2) is 11.6 Å². The molecular weight excluding hydrogens is 212 g/mol. The Morgan fingerprint density at radius 1 is 1.38 bits per heavy atom. The molecule has 0 bridgehead atoms. The van der Waals surface area contributed by atoms with Crippen LogP contribution in [0.4, 0.5) is 14.5 Å². The van der Waals surface area contributed by atoms with Crippen molar-refractivity contribution >= 4 is 5.69 Å². The first-order valence-electron chi connectivity index (χ1n) is 4.82. The molecule has 0 saturated carbocycles. The van der Waals surface area contributed by atoms with E-state index in [4.69, 9.17) is 0 Å². The molecule has 1 heterocycles. The lowest BCUT2D eigenvalue weighted by molar-refractivity contribution is 0.500. The molecule has 1 aromatic heterocycles. The standard InChI is InChI=1S/C11H11F2N3/c1-16-7-9(6-15-16)14-5-8-3-2-4-10(12)11(8)13/h2-4,6-7,14H,5H2,1H3. The second-order valence-electron chi connectivity index (χ2n) is 3.47. The van der Waals surface area contributed by atoms with Crippen LogP contribution in [0.5, 0.6) is 0 Å². The number of rotatable bonds is 3. The quantitative estimate of drug-likeness (QED) is 0.865. The summed E-state index contributed by atoms with van der Waals surface area (Å²) in [5, 5.41) is 6.92. The van der Waals surface area contributed by atoms with Gasteiger partial charge in [0.2, 0.25) is 0 Å². The second kappa shape index (κ2) is 4.30. The monoisotopic (exact) mass is 223 g/mol. The zero-order valence-corrected chi connectivity index (χ0v) is 8.74. The van der Waals surface area contributed by atoms with Gasteiger partial charge in [0.05, 0.1) is 11.9 Å². The Kier molecular flexibility index (Phi) is 2.85. The predicted octanol–water partition coefficient (Wildman–Crippen LogP) is 2.31. The number of hydrogen-bond donors (Lipinski definition) is 1. The van der Waals surface area contributed by atoms with E-state index >= 15 is 0 Å². The molecule has 16 heavy (non-hydrogen) atoms. The first-order chi connectivity index (χ1) is 7.66. The normalized spacial score (nSPS) is 10.4. The van der Waals surface area contributed by atoms with Gasteiger partial charge in [-0.3, -0.25) is 4.68 Å². The van der Waals surface area contributed by atoms with E-state index in [-0.39, 0.29) is 6.54 Å². The molecule has 0 atom stereocenters. The van der Waals surface area contributed by atoms with E-state index in [1.54, 1.807) is 30.2 Å². The van der Waals surface area contributed by atoms with Crippen molar-refractivity contribution < 1.29 is 8.78 Å². The summed E-state index contributed by atoms with van der Waals surface area (Å²) >= 11 is 0. The van der Waals surface area contributed by atoms with Gasteiger partial charge >= 0.3 is 0 Å². The molecule has 1 aromatic carbocycles. The molecule has 0 amide bonds. The molecule has 0 aliphatic rings. The van der Waals surface area contributed by atoms with Crippen molar-refractivity contribution in [1.29, 1.82) is 0 Å². The van der Waals surface area contributed by atoms with Crippen LogP contribution in [-0.4, -0.2) is 9.78 Å². The highest BCUT2D eigenvalue weighted by Gasteiger charge is 2.07. The molecule has 0 aliphatic heterocycles. The highest BCUT2D eigenvalue weighted by atomic mass is 19.2. The molecule has 84 valence electrons. The van der Waals surface area contributed by atoms with Gasteiger partial charge in [0.1, 0.15) is 0 Å². The van der Waals surface area contributed by atoms with Gasteiger partial charge in [0.25, 0.3) is 0 Å². The topological polar surface area (TPSA) is 29.9 Å². The van der Waals surface area contributed by atoms with Crippen molar-refractivity contribution in [2.45, 2.75) is 6.54 Å². The summed E-state index contributed by atoms with van der Waals surface area (Å²) in [7, 11) is 1.79. The zero-order valence-electron chi connectivity index (χ0n) is 8.74. The van der Waals surface area contributed by atoms with Crippen molar-refractivity contribution in [2.75, 3.05) is 5.32 Å². The molecule has 5 heteroatoms. The lowest BCUT2D eigenvalue weighted by Crippen LogP contribution is -2.02. The Morgan fingerprint density at radius 3 is 2.88 bits per heavy atom. The first kappa shape index (κ1) is 10.6. The smallest absolute Gasteiger partial charge is 0.163 e. The molecule has 0 saturated heterocycles. The molecule has 0 aliphatic carbocycles. The molecule has 2 rings (SSSR count). The summed E-state index contributed by atoms with van der Waals surface area (Å²) in [6.07, 6.45) is 3.38. The van der Waals surface area contributed by atoms with Gasteiger partial charge in [-0.05, 0) is 6.07 Å². The van der Waals surface area contributed by atoms with E-state index in [9.17, 15) is 8.78 Å². The van der Waals surface area contributed by atoms with Crippen molar-refractivity contribution in [2.24, 2.45) is 7.05 Å². The van der Waals surface area contributed by atoms with E-state index in [1.165, 1.54) is 6.07 Å². The van der Waals surface area contributed by atoms with Gasteiger partial charge in [-0.25, -0.2) is 8.78 Å². The van der Waals surface area contributed by atoms with Crippen LogP contribution in [0.3, 0.4) is 0 Å². The second-order valence-corrected chi connectivity index (χ2v) is 3.47. The van der Waals surface area contributed by atoms with Gasteiger partial charge in [-0.2, -0.15) is 5.10 Å². The Morgan fingerprint density at radius 2 is 2.19 bits per heavy atom. The molecule has 2 aromatic rings. The lowest BCUT2D eigenvalue weighted by Gasteiger charge is -2.05. The molecule has 3 nitrogen and oxygen atoms in total. The predicted molar refractivity (Wildman–Crippen MR) is 56.9 cm³/mol. The molecule has 0 spiro atoms. The highest BCUT2D eigenvalue weighted by molar-refractivity contribution is 5.39. The summed E-state index contributed by atoms with van der Waals surface area (Å²) in [4.78, 5) is 0. The van der Waals surface area contributed by atoms with Crippen molar-refractivity contribution in [1.82, 2.24) is 9.78 Å². The highest BCUT2D eigenvalue weighted by Crippen LogP contribution is 2.13. The average Bonchev–Trinajstić information content (AvgIpc) is 2.67. The fourth-order valence-electron chi connectivity index (χ4n) is 1.39. The van der Waals surface area contributed by atoms with Gasteiger partial charge in [-0.1, -0.05) is 12.1 Å². The van der Waals surface area contributed by atoms with Crippen LogP contribution in [0.25, 0.3) is 0 Å². The van der Waals surface area contributed by atoms with Gasteiger partial charge in [-0.15, -0.1) is 0 Å². The minimum Gasteiger partial charge on any atom is -0.378 e. The summed E-state index contributed by atoms with van der Waals surface area (Å²) in [6.45, 7) is 0.231. The minimum atomic E-state index is -0.828. The number of hydrogen-bond acceptors (Lipinski definition) is 2. The molecule has 1 N–H and O–H groups in total. The van der Waals surface area contributed by atoms with E-state index in [2.05, 4.69) is 10.4 Å². The average molecular weight is 223 g/mol. The summed E-state index contributed by atoms with van der Waals surface area (Å²) in [5.41, 5.74) is 1.06. The number of anilines is 1. The zero-order chi connectivity index (χ0) is 11.5. The van der Waals surface area contributed by atoms with E-state index in [0.717, 1.165) is 11.8 Å². The third kappa shape index (κ3) is 2.18. The third-order valence-corrected chi connectivity index (χ3v) is 2.22. The molecule has 0 unspecified atom stereocenters. The Balaban J connectivity index is 2.07. The van der Waals surface area contributed by atoms with Crippen LogP contribution < -0.4 is 5.32 Å². The summed E-state index contributed by atoms with van der Waals surface area (Å²) in [6, 6.07) is 4.13. The Hall–Kier alpha value is -1.91. The maximum absolute atomic E-state index is 13.3. The van der Waals surface area contributed by atoms with Crippen LogP contribution in [0, 0.1) is 11.6 Å². The maximum atomic E-state index is 13.3. The van der Waals surface area contributed by atoms with Crippen molar-refractivity contribution in [3.05, 3.63) is 47.8 Å².